The fourth-order valence-electron chi connectivity index (χ4n) is 2.06. The molecule has 0 aliphatic heterocycles. The van der Waals surface area contributed by atoms with Gasteiger partial charge in [0.2, 0.25) is 5.76 Å². The van der Waals surface area contributed by atoms with Crippen molar-refractivity contribution in [3.8, 4) is 5.88 Å². The maximum atomic E-state index is 12.2. The van der Waals surface area contributed by atoms with Crippen molar-refractivity contribution in [3.05, 3.63) is 72.0 Å². The molecule has 122 valence electrons. The standard InChI is InChI=1S/C18H16N2O3S/c1-24-15-9-5-8-14(10-15)19-18(21)16-11-17(20-23-16)22-12-13-6-3-2-4-7-13/h2-11H,12H2,1H3,(H,19,21). The summed E-state index contributed by atoms with van der Waals surface area (Å²) in [6.45, 7) is 0.365. The second-order valence-corrected chi connectivity index (χ2v) is 5.87. The minimum atomic E-state index is -0.365. The van der Waals surface area contributed by atoms with Gasteiger partial charge in [-0.15, -0.1) is 11.8 Å². The van der Waals surface area contributed by atoms with E-state index in [9.17, 15) is 4.79 Å². The molecule has 24 heavy (non-hydrogen) atoms. The van der Waals surface area contributed by atoms with Gasteiger partial charge in [-0.1, -0.05) is 36.4 Å². The Morgan fingerprint density at radius 2 is 2.00 bits per heavy atom. The molecule has 0 atom stereocenters. The molecule has 0 saturated carbocycles. The molecule has 1 N–H and O–H groups in total. The number of carbonyl (C=O) groups is 1. The summed E-state index contributed by atoms with van der Waals surface area (Å²) in [7, 11) is 0. The lowest BCUT2D eigenvalue weighted by molar-refractivity contribution is 0.0987. The molecule has 0 spiro atoms. The Labute approximate surface area is 144 Å². The normalized spacial score (nSPS) is 10.4. The van der Waals surface area contributed by atoms with Crippen molar-refractivity contribution < 1.29 is 14.1 Å². The number of nitrogens with zero attached hydrogens (tertiary/aromatic N) is 1. The zero-order valence-electron chi connectivity index (χ0n) is 13.1. The quantitative estimate of drug-likeness (QED) is 0.680. The summed E-state index contributed by atoms with van der Waals surface area (Å²) in [5.74, 6) is 0.0183. The molecule has 1 heterocycles. The highest BCUT2D eigenvalue weighted by molar-refractivity contribution is 7.98. The summed E-state index contributed by atoms with van der Waals surface area (Å²) in [6.07, 6.45) is 1.98. The number of rotatable bonds is 6. The van der Waals surface area contributed by atoms with Crippen LogP contribution in [0.4, 0.5) is 5.69 Å². The molecule has 0 radical (unpaired) electrons. The maximum absolute atomic E-state index is 12.2. The predicted molar refractivity (Wildman–Crippen MR) is 93.5 cm³/mol. The fourth-order valence-corrected chi connectivity index (χ4v) is 2.52. The van der Waals surface area contributed by atoms with Gasteiger partial charge < -0.3 is 14.6 Å². The van der Waals surface area contributed by atoms with Crippen molar-refractivity contribution >= 4 is 23.4 Å². The number of benzene rings is 2. The zero-order valence-corrected chi connectivity index (χ0v) is 13.9. The van der Waals surface area contributed by atoms with Crippen LogP contribution < -0.4 is 10.1 Å². The first-order chi connectivity index (χ1) is 11.7. The number of thioether (sulfide) groups is 1. The van der Waals surface area contributed by atoms with Gasteiger partial charge in [0.05, 0.1) is 6.07 Å². The Morgan fingerprint density at radius 3 is 2.79 bits per heavy atom. The van der Waals surface area contributed by atoms with Gasteiger partial charge in [0.25, 0.3) is 11.8 Å². The molecule has 0 aliphatic rings. The van der Waals surface area contributed by atoms with E-state index in [1.807, 2.05) is 60.9 Å². The Balaban J connectivity index is 1.61. The van der Waals surface area contributed by atoms with Crippen LogP contribution in [0, 0.1) is 0 Å². The van der Waals surface area contributed by atoms with Gasteiger partial charge in [-0.25, -0.2) is 0 Å². The smallest absolute Gasteiger partial charge is 0.294 e. The molecule has 0 fully saturated rings. The van der Waals surface area contributed by atoms with Crippen LogP contribution in [0.2, 0.25) is 0 Å². The minimum absolute atomic E-state index is 0.104. The fraction of sp³-hybridized carbons (Fsp3) is 0.111. The van der Waals surface area contributed by atoms with E-state index in [1.165, 1.54) is 6.07 Å². The minimum Gasteiger partial charge on any atom is -0.471 e. The Morgan fingerprint density at radius 1 is 1.17 bits per heavy atom. The first-order valence-corrected chi connectivity index (χ1v) is 8.56. The van der Waals surface area contributed by atoms with E-state index in [1.54, 1.807) is 11.8 Å². The van der Waals surface area contributed by atoms with Crippen LogP contribution >= 0.6 is 11.8 Å². The molecule has 0 bridgehead atoms. The average molecular weight is 340 g/mol. The Kier molecular flexibility index (Phi) is 5.18. The van der Waals surface area contributed by atoms with Gasteiger partial charge >= 0.3 is 0 Å². The molecule has 3 aromatic rings. The molecule has 2 aromatic carbocycles. The topological polar surface area (TPSA) is 64.4 Å². The summed E-state index contributed by atoms with van der Waals surface area (Å²) in [5, 5.41) is 6.54. The van der Waals surface area contributed by atoms with Crippen LogP contribution in [-0.4, -0.2) is 17.3 Å². The molecular formula is C18H16N2O3S. The Bertz CT molecular complexity index is 818. The van der Waals surface area contributed by atoms with E-state index in [0.717, 1.165) is 10.5 Å². The van der Waals surface area contributed by atoms with Gasteiger partial charge in [0, 0.05) is 10.6 Å². The zero-order chi connectivity index (χ0) is 16.8. The van der Waals surface area contributed by atoms with E-state index >= 15 is 0 Å². The molecule has 0 aliphatic carbocycles. The molecular weight excluding hydrogens is 324 g/mol. The largest absolute Gasteiger partial charge is 0.471 e. The summed E-state index contributed by atoms with van der Waals surface area (Å²) in [5.41, 5.74) is 1.72. The SMILES string of the molecule is CSc1cccc(NC(=O)c2cc(OCc3ccccc3)no2)c1. The number of hydrogen-bond donors (Lipinski definition) is 1. The van der Waals surface area contributed by atoms with Crippen LogP contribution in [0.25, 0.3) is 0 Å². The van der Waals surface area contributed by atoms with Crippen LogP contribution in [0.1, 0.15) is 16.1 Å². The van der Waals surface area contributed by atoms with Crippen molar-refractivity contribution in [3.63, 3.8) is 0 Å². The highest BCUT2D eigenvalue weighted by Gasteiger charge is 2.14. The highest BCUT2D eigenvalue weighted by atomic mass is 32.2. The first kappa shape index (κ1) is 16.1. The third-order valence-corrected chi connectivity index (χ3v) is 3.99. The van der Waals surface area contributed by atoms with Crippen LogP contribution in [0.15, 0.2) is 70.1 Å². The first-order valence-electron chi connectivity index (χ1n) is 7.33. The Hall–Kier alpha value is -2.73. The van der Waals surface area contributed by atoms with Crippen molar-refractivity contribution in [1.29, 1.82) is 0 Å². The number of nitrogens with one attached hydrogen (secondary N) is 1. The van der Waals surface area contributed by atoms with E-state index in [0.29, 0.717) is 12.3 Å². The van der Waals surface area contributed by atoms with Crippen LogP contribution in [0.3, 0.4) is 0 Å². The van der Waals surface area contributed by atoms with E-state index in [-0.39, 0.29) is 17.5 Å². The summed E-state index contributed by atoms with van der Waals surface area (Å²) in [4.78, 5) is 13.3. The molecule has 6 heteroatoms. The van der Waals surface area contributed by atoms with E-state index in [2.05, 4.69) is 10.5 Å². The number of anilines is 1. The second-order valence-electron chi connectivity index (χ2n) is 4.99. The van der Waals surface area contributed by atoms with Crippen molar-refractivity contribution in [1.82, 2.24) is 5.16 Å². The van der Waals surface area contributed by atoms with Crippen molar-refractivity contribution in [2.24, 2.45) is 0 Å². The molecule has 1 amide bonds. The van der Waals surface area contributed by atoms with Gasteiger partial charge in [-0.05, 0) is 35.2 Å². The van der Waals surface area contributed by atoms with Crippen molar-refractivity contribution in [2.75, 3.05) is 11.6 Å². The molecule has 1 aromatic heterocycles. The van der Waals surface area contributed by atoms with Crippen molar-refractivity contribution in [2.45, 2.75) is 11.5 Å². The third-order valence-electron chi connectivity index (χ3n) is 3.27. The van der Waals surface area contributed by atoms with Crippen LogP contribution in [0.5, 0.6) is 5.88 Å². The molecule has 5 nitrogen and oxygen atoms in total. The summed E-state index contributed by atoms with van der Waals surface area (Å²) in [6, 6.07) is 18.8. The number of amides is 1. The average Bonchev–Trinajstić information content (AvgIpc) is 3.10. The highest BCUT2D eigenvalue weighted by Crippen LogP contribution is 2.20. The molecule has 0 saturated heterocycles. The number of ether oxygens (including phenoxy) is 1. The van der Waals surface area contributed by atoms with Gasteiger partial charge in [0.15, 0.2) is 0 Å². The van der Waals surface area contributed by atoms with Crippen LogP contribution in [-0.2, 0) is 6.61 Å². The summed E-state index contributed by atoms with van der Waals surface area (Å²) < 4.78 is 10.6. The summed E-state index contributed by atoms with van der Waals surface area (Å²) >= 11 is 1.61. The van der Waals surface area contributed by atoms with E-state index in [4.69, 9.17) is 9.26 Å². The van der Waals surface area contributed by atoms with Gasteiger partial charge in [-0.3, -0.25) is 4.79 Å². The number of aromatic nitrogens is 1. The lowest BCUT2D eigenvalue weighted by Gasteiger charge is -2.04. The van der Waals surface area contributed by atoms with Gasteiger partial charge in [-0.2, -0.15) is 0 Å². The van der Waals surface area contributed by atoms with E-state index < -0.39 is 0 Å². The third kappa shape index (κ3) is 4.17. The number of carbonyl (C=O) groups excluding carboxylic acids is 1. The lowest BCUT2D eigenvalue weighted by atomic mass is 10.2. The predicted octanol–water partition coefficient (Wildman–Crippen LogP) is 4.23. The molecule has 3 rings (SSSR count). The molecule has 0 unspecified atom stereocenters. The monoisotopic (exact) mass is 340 g/mol. The number of hydrogen-bond acceptors (Lipinski definition) is 5. The maximum Gasteiger partial charge on any atom is 0.294 e. The lowest BCUT2D eigenvalue weighted by Crippen LogP contribution is -2.10. The van der Waals surface area contributed by atoms with Gasteiger partial charge in [0.1, 0.15) is 6.61 Å². The second kappa shape index (κ2) is 7.70.